The van der Waals surface area contributed by atoms with Crippen LogP contribution in [0.5, 0.6) is 0 Å². The topological polar surface area (TPSA) is 104 Å². The zero-order valence-electron chi connectivity index (χ0n) is 19.0. The molecule has 7 nitrogen and oxygen atoms in total. The van der Waals surface area contributed by atoms with Crippen LogP contribution in [-0.4, -0.2) is 45.8 Å². The van der Waals surface area contributed by atoms with E-state index in [4.69, 9.17) is 4.84 Å². The Kier molecular flexibility index (Phi) is 6.31. The summed E-state index contributed by atoms with van der Waals surface area (Å²) in [5.41, 5.74) is 2.91. The molecule has 5 rings (SSSR count). The van der Waals surface area contributed by atoms with E-state index in [-0.39, 0.29) is 12.9 Å². The van der Waals surface area contributed by atoms with Crippen molar-refractivity contribution in [1.29, 1.82) is 0 Å². The van der Waals surface area contributed by atoms with Crippen molar-refractivity contribution in [3.63, 3.8) is 0 Å². The number of rotatable bonds is 7. The molecule has 4 aromatic rings. The Labute approximate surface area is 203 Å². The Morgan fingerprint density at radius 2 is 1.74 bits per heavy atom. The largest absolute Gasteiger partial charge is 0.472 e. The molecule has 3 aromatic carbocycles. The van der Waals surface area contributed by atoms with Gasteiger partial charge in [0, 0.05) is 35.6 Å². The second-order valence-corrected chi connectivity index (χ2v) is 8.61. The third-order valence-corrected chi connectivity index (χ3v) is 6.12. The van der Waals surface area contributed by atoms with Crippen LogP contribution in [0.15, 0.2) is 96.3 Å². The molecule has 0 bridgehead atoms. The maximum atomic E-state index is 13.1. The molecule has 0 saturated carbocycles. The minimum atomic E-state index is -1.65. The molecule has 0 fully saturated rings. The van der Waals surface area contributed by atoms with Gasteiger partial charge in [0.2, 0.25) is 5.60 Å². The van der Waals surface area contributed by atoms with Crippen LogP contribution in [0.2, 0.25) is 0 Å². The summed E-state index contributed by atoms with van der Waals surface area (Å²) in [6, 6.07) is 27.5. The van der Waals surface area contributed by atoms with Crippen LogP contribution >= 0.6 is 0 Å². The van der Waals surface area contributed by atoms with E-state index in [9.17, 15) is 14.8 Å². The quantitative estimate of drug-likeness (QED) is 0.364. The van der Waals surface area contributed by atoms with Gasteiger partial charge in [0.05, 0.1) is 17.8 Å². The third kappa shape index (κ3) is 4.80. The lowest BCUT2D eigenvalue weighted by Gasteiger charge is -2.25. The number of hydrogen-bond acceptors (Lipinski definition) is 6. The average molecular weight is 465 g/mol. The van der Waals surface area contributed by atoms with Gasteiger partial charge in [0.25, 0.3) is 5.91 Å². The maximum Gasteiger partial charge on any atom is 0.472 e. The Bertz CT molecular complexity index is 1390. The van der Waals surface area contributed by atoms with Crippen LogP contribution in [0.4, 0.5) is 0 Å². The van der Waals surface area contributed by atoms with Crippen LogP contribution in [0.3, 0.4) is 0 Å². The summed E-state index contributed by atoms with van der Waals surface area (Å²) in [7, 11) is -1.65. The van der Waals surface area contributed by atoms with Gasteiger partial charge in [-0.2, -0.15) is 0 Å². The molecule has 8 heteroatoms. The summed E-state index contributed by atoms with van der Waals surface area (Å²) in [5.74, 6) is -0.444. The summed E-state index contributed by atoms with van der Waals surface area (Å²) >= 11 is 0. The molecule has 1 aliphatic heterocycles. The van der Waals surface area contributed by atoms with Gasteiger partial charge in [0.15, 0.2) is 0 Å². The third-order valence-electron chi connectivity index (χ3n) is 6.12. The standard InChI is InChI=1S/C27H24BN3O4/c32-26(30-18-28(33)34)27(16-19-7-2-1-3-8-19)17-24(31-35-27)21-10-6-11-22(15-21)25-23-12-5-4-9-20(23)13-14-29-25/h1-15,33-34H,16-18H2,(H,30,32). The van der Waals surface area contributed by atoms with E-state index in [1.54, 1.807) is 6.20 Å². The van der Waals surface area contributed by atoms with Crippen molar-refractivity contribution in [1.82, 2.24) is 10.3 Å². The SMILES string of the molecule is O=C(NCB(O)O)C1(Cc2ccccc2)CC(c2cccc(-c3nccc4ccccc34)c2)=NO1. The van der Waals surface area contributed by atoms with Gasteiger partial charge in [-0.15, -0.1) is 0 Å². The van der Waals surface area contributed by atoms with Crippen molar-refractivity contribution in [2.45, 2.75) is 18.4 Å². The lowest BCUT2D eigenvalue weighted by molar-refractivity contribution is -0.143. The zero-order chi connectivity index (χ0) is 24.3. The molecule has 1 atom stereocenters. The fraction of sp³-hybridized carbons (Fsp3) is 0.148. The van der Waals surface area contributed by atoms with Crippen LogP contribution in [0, 0.1) is 0 Å². The highest BCUT2D eigenvalue weighted by Crippen LogP contribution is 2.33. The number of aromatic nitrogens is 1. The normalized spacial score (nSPS) is 17.0. The van der Waals surface area contributed by atoms with Crippen LogP contribution < -0.4 is 5.32 Å². The highest BCUT2D eigenvalue weighted by atomic mass is 16.7. The lowest BCUT2D eigenvalue weighted by atomic mass is 9.85. The van der Waals surface area contributed by atoms with Crippen molar-refractivity contribution in [3.05, 3.63) is 102 Å². The molecule has 1 amide bonds. The van der Waals surface area contributed by atoms with Gasteiger partial charge in [-0.05, 0) is 23.1 Å². The first-order chi connectivity index (χ1) is 17.0. The van der Waals surface area contributed by atoms with Crippen molar-refractivity contribution in [3.8, 4) is 11.3 Å². The first kappa shape index (κ1) is 22.8. The molecule has 1 aliphatic rings. The van der Waals surface area contributed by atoms with Gasteiger partial charge in [-0.25, -0.2) is 0 Å². The first-order valence-electron chi connectivity index (χ1n) is 11.4. The van der Waals surface area contributed by atoms with Gasteiger partial charge in [-0.3, -0.25) is 9.78 Å². The van der Waals surface area contributed by atoms with Crippen LogP contribution in [-0.2, 0) is 16.1 Å². The molecule has 174 valence electrons. The molecule has 35 heavy (non-hydrogen) atoms. The second-order valence-electron chi connectivity index (χ2n) is 8.61. The molecular formula is C27H24BN3O4. The summed E-state index contributed by atoms with van der Waals surface area (Å²) < 4.78 is 0. The van der Waals surface area contributed by atoms with Gasteiger partial charge >= 0.3 is 7.12 Å². The van der Waals surface area contributed by atoms with Crippen molar-refractivity contribution >= 4 is 29.5 Å². The van der Waals surface area contributed by atoms with E-state index < -0.39 is 18.6 Å². The van der Waals surface area contributed by atoms with Crippen LogP contribution in [0.1, 0.15) is 17.5 Å². The number of pyridine rings is 1. The van der Waals surface area contributed by atoms with E-state index in [0.29, 0.717) is 12.1 Å². The van der Waals surface area contributed by atoms with Crippen molar-refractivity contribution in [2.24, 2.45) is 5.16 Å². The van der Waals surface area contributed by atoms with Gasteiger partial charge < -0.3 is 20.2 Å². The predicted molar refractivity (Wildman–Crippen MR) is 135 cm³/mol. The average Bonchev–Trinajstić information content (AvgIpc) is 3.33. The monoisotopic (exact) mass is 465 g/mol. The van der Waals surface area contributed by atoms with E-state index in [1.807, 2.05) is 78.9 Å². The molecule has 2 heterocycles. The molecular weight excluding hydrogens is 441 g/mol. The van der Waals surface area contributed by atoms with E-state index >= 15 is 0 Å². The van der Waals surface area contributed by atoms with E-state index in [1.165, 1.54) is 0 Å². The van der Waals surface area contributed by atoms with Gasteiger partial charge in [-0.1, -0.05) is 78.0 Å². The number of fused-ring (bicyclic) bond motifs is 1. The van der Waals surface area contributed by atoms with Crippen LogP contribution in [0.25, 0.3) is 22.0 Å². The van der Waals surface area contributed by atoms with E-state index in [0.717, 1.165) is 33.2 Å². The Balaban J connectivity index is 1.45. The summed E-state index contributed by atoms with van der Waals surface area (Å²) in [6.45, 7) is 0. The lowest BCUT2D eigenvalue weighted by Crippen LogP contribution is -2.51. The second kappa shape index (κ2) is 9.70. The smallest absolute Gasteiger partial charge is 0.426 e. The number of hydrogen-bond donors (Lipinski definition) is 3. The summed E-state index contributed by atoms with van der Waals surface area (Å²) in [6.07, 6.45) is 2.03. The molecule has 0 saturated heterocycles. The highest BCUT2D eigenvalue weighted by Gasteiger charge is 2.47. The minimum absolute atomic E-state index is 0.238. The fourth-order valence-corrected chi connectivity index (χ4v) is 4.40. The number of nitrogens with zero attached hydrogens (tertiary/aromatic N) is 2. The molecule has 3 N–H and O–H groups in total. The molecule has 1 unspecified atom stereocenters. The molecule has 0 radical (unpaired) electrons. The highest BCUT2D eigenvalue weighted by molar-refractivity contribution is 6.41. The number of benzene rings is 3. The number of carbonyl (C=O) groups is 1. The van der Waals surface area contributed by atoms with Crippen molar-refractivity contribution in [2.75, 3.05) is 6.44 Å². The molecule has 0 aliphatic carbocycles. The summed E-state index contributed by atoms with van der Waals surface area (Å²) in [5, 5.41) is 27.5. The number of carbonyl (C=O) groups excluding carboxylic acids is 1. The zero-order valence-corrected chi connectivity index (χ0v) is 19.0. The number of amides is 1. The number of nitrogens with one attached hydrogen (secondary N) is 1. The van der Waals surface area contributed by atoms with Gasteiger partial charge in [0.1, 0.15) is 0 Å². The molecule has 0 spiro atoms. The predicted octanol–water partition coefficient (Wildman–Crippen LogP) is 3.14. The molecule has 1 aromatic heterocycles. The fourth-order valence-electron chi connectivity index (χ4n) is 4.40. The van der Waals surface area contributed by atoms with E-state index in [2.05, 4.69) is 21.5 Å². The minimum Gasteiger partial charge on any atom is -0.426 e. The Morgan fingerprint density at radius 3 is 2.57 bits per heavy atom. The first-order valence-corrected chi connectivity index (χ1v) is 11.4. The Hall–Kier alpha value is -4.01. The Morgan fingerprint density at radius 1 is 0.971 bits per heavy atom. The van der Waals surface area contributed by atoms with Crippen molar-refractivity contribution < 1.29 is 19.7 Å². The number of oxime groups is 1. The summed E-state index contributed by atoms with van der Waals surface area (Å²) in [4.78, 5) is 23.6. The maximum absolute atomic E-state index is 13.1.